The molecule has 0 N–H and O–H groups in total. The fourth-order valence-corrected chi connectivity index (χ4v) is 1.39. The first-order valence-corrected chi connectivity index (χ1v) is 5.07. The SMILES string of the molecule is CC(=O)OCc1cn(-c2ccccc2)c(=O)o1. The molecule has 1 heterocycles. The molecule has 0 aliphatic carbocycles. The summed E-state index contributed by atoms with van der Waals surface area (Å²) in [6.07, 6.45) is 1.51. The van der Waals surface area contributed by atoms with Gasteiger partial charge in [0, 0.05) is 6.92 Å². The van der Waals surface area contributed by atoms with Crippen LogP contribution in [0.3, 0.4) is 0 Å². The molecule has 88 valence electrons. The molecule has 0 spiro atoms. The second-order valence-corrected chi connectivity index (χ2v) is 3.45. The zero-order chi connectivity index (χ0) is 12.3. The van der Waals surface area contributed by atoms with Gasteiger partial charge in [-0.1, -0.05) is 18.2 Å². The fourth-order valence-electron chi connectivity index (χ4n) is 1.39. The van der Waals surface area contributed by atoms with Crippen molar-refractivity contribution in [2.24, 2.45) is 0 Å². The molecule has 0 amide bonds. The number of para-hydroxylation sites is 1. The minimum Gasteiger partial charge on any atom is -0.458 e. The molecule has 0 saturated heterocycles. The normalized spacial score (nSPS) is 10.2. The topological polar surface area (TPSA) is 61.4 Å². The standard InChI is InChI=1S/C12H11NO4/c1-9(14)16-8-11-7-13(12(15)17-11)10-5-3-2-4-6-10/h2-7H,8H2,1H3. The second-order valence-electron chi connectivity index (χ2n) is 3.45. The maximum absolute atomic E-state index is 11.5. The largest absolute Gasteiger partial charge is 0.458 e. The zero-order valence-corrected chi connectivity index (χ0v) is 9.25. The molecule has 1 aromatic heterocycles. The second kappa shape index (κ2) is 4.69. The highest BCUT2D eigenvalue weighted by Gasteiger charge is 2.08. The first-order valence-electron chi connectivity index (χ1n) is 5.07. The number of rotatable bonds is 3. The van der Waals surface area contributed by atoms with Gasteiger partial charge in [0.1, 0.15) is 0 Å². The number of aromatic nitrogens is 1. The average Bonchev–Trinajstić information content (AvgIpc) is 2.69. The van der Waals surface area contributed by atoms with Gasteiger partial charge < -0.3 is 9.15 Å². The van der Waals surface area contributed by atoms with Gasteiger partial charge in [0.05, 0.1) is 11.9 Å². The Morgan fingerprint density at radius 3 is 2.71 bits per heavy atom. The lowest BCUT2D eigenvalue weighted by atomic mass is 10.3. The van der Waals surface area contributed by atoms with Gasteiger partial charge in [-0.2, -0.15) is 0 Å². The highest BCUT2D eigenvalue weighted by Crippen LogP contribution is 2.07. The predicted octanol–water partition coefficient (Wildman–Crippen LogP) is 1.49. The molecule has 0 fully saturated rings. The van der Waals surface area contributed by atoms with Crippen LogP contribution in [-0.4, -0.2) is 10.5 Å². The molecule has 1 aromatic carbocycles. The van der Waals surface area contributed by atoms with Gasteiger partial charge in [0.2, 0.25) is 0 Å². The van der Waals surface area contributed by atoms with Gasteiger partial charge in [-0.05, 0) is 12.1 Å². The Morgan fingerprint density at radius 2 is 2.06 bits per heavy atom. The molecule has 0 bridgehead atoms. The van der Waals surface area contributed by atoms with Gasteiger partial charge in [0.15, 0.2) is 12.4 Å². The fraction of sp³-hybridized carbons (Fsp3) is 0.167. The van der Waals surface area contributed by atoms with Crippen LogP contribution in [0.1, 0.15) is 12.7 Å². The summed E-state index contributed by atoms with van der Waals surface area (Å²) in [6.45, 7) is 1.26. The number of ether oxygens (including phenoxy) is 1. The predicted molar refractivity (Wildman–Crippen MR) is 59.8 cm³/mol. The summed E-state index contributed by atoms with van der Waals surface area (Å²) in [6, 6.07) is 9.06. The van der Waals surface area contributed by atoms with E-state index in [2.05, 4.69) is 0 Å². The number of hydrogen-bond acceptors (Lipinski definition) is 4. The highest BCUT2D eigenvalue weighted by atomic mass is 16.5. The minimum atomic E-state index is -0.502. The summed E-state index contributed by atoms with van der Waals surface area (Å²) >= 11 is 0. The monoisotopic (exact) mass is 233 g/mol. The van der Waals surface area contributed by atoms with E-state index in [0.717, 1.165) is 0 Å². The smallest absolute Gasteiger partial charge is 0.423 e. The van der Waals surface area contributed by atoms with E-state index in [1.165, 1.54) is 17.7 Å². The molecule has 0 saturated carbocycles. The van der Waals surface area contributed by atoms with Crippen LogP contribution in [0, 0.1) is 0 Å². The van der Waals surface area contributed by atoms with E-state index in [1.807, 2.05) is 18.2 Å². The van der Waals surface area contributed by atoms with Crippen LogP contribution in [0.4, 0.5) is 0 Å². The van der Waals surface area contributed by atoms with Crippen LogP contribution in [0.25, 0.3) is 5.69 Å². The maximum Gasteiger partial charge on any atom is 0.423 e. The summed E-state index contributed by atoms with van der Waals surface area (Å²) < 4.78 is 11.1. The third kappa shape index (κ3) is 2.63. The Kier molecular flexibility index (Phi) is 3.09. The van der Waals surface area contributed by atoms with Crippen molar-refractivity contribution < 1.29 is 13.9 Å². The minimum absolute atomic E-state index is 0.0373. The summed E-state index contributed by atoms with van der Waals surface area (Å²) in [4.78, 5) is 22.2. The molecule has 0 aliphatic rings. The van der Waals surface area contributed by atoms with Crippen LogP contribution >= 0.6 is 0 Å². The quantitative estimate of drug-likeness (QED) is 0.753. The Hall–Kier alpha value is -2.30. The maximum atomic E-state index is 11.5. The molecule has 5 heteroatoms. The van der Waals surface area contributed by atoms with E-state index < -0.39 is 11.7 Å². The van der Waals surface area contributed by atoms with Crippen molar-refractivity contribution in [1.29, 1.82) is 0 Å². The molecular formula is C12H11NO4. The van der Waals surface area contributed by atoms with Crippen molar-refractivity contribution in [1.82, 2.24) is 4.57 Å². The summed E-state index contributed by atoms with van der Waals surface area (Å²) in [5, 5.41) is 0. The number of carbonyl (C=O) groups is 1. The molecule has 0 aliphatic heterocycles. The first kappa shape index (κ1) is 11.2. The summed E-state index contributed by atoms with van der Waals surface area (Å²) in [7, 11) is 0. The van der Waals surface area contributed by atoms with Crippen molar-refractivity contribution >= 4 is 5.97 Å². The molecule has 2 rings (SSSR count). The zero-order valence-electron chi connectivity index (χ0n) is 9.25. The van der Waals surface area contributed by atoms with Crippen LogP contribution in [-0.2, 0) is 16.1 Å². The first-order chi connectivity index (χ1) is 8.16. The molecule has 2 aromatic rings. The van der Waals surface area contributed by atoms with Crippen LogP contribution in [0.5, 0.6) is 0 Å². The van der Waals surface area contributed by atoms with Crippen molar-refractivity contribution in [3.05, 3.63) is 52.8 Å². The van der Waals surface area contributed by atoms with E-state index >= 15 is 0 Å². The van der Waals surface area contributed by atoms with Crippen molar-refractivity contribution in [2.75, 3.05) is 0 Å². The summed E-state index contributed by atoms with van der Waals surface area (Å²) in [5.41, 5.74) is 0.704. The molecule has 17 heavy (non-hydrogen) atoms. The number of oxazole rings is 1. The van der Waals surface area contributed by atoms with Gasteiger partial charge in [0.25, 0.3) is 0 Å². The van der Waals surface area contributed by atoms with Gasteiger partial charge in [-0.15, -0.1) is 0 Å². The number of benzene rings is 1. The molecule has 0 radical (unpaired) electrons. The molecule has 0 unspecified atom stereocenters. The Balaban J connectivity index is 2.26. The lowest BCUT2D eigenvalue weighted by molar-refractivity contribution is -0.142. The van der Waals surface area contributed by atoms with Crippen LogP contribution in [0.2, 0.25) is 0 Å². The van der Waals surface area contributed by atoms with Crippen molar-refractivity contribution in [3.63, 3.8) is 0 Å². The Bertz CT molecular complexity index is 568. The Labute approximate surface area is 97.2 Å². The van der Waals surface area contributed by atoms with Crippen LogP contribution in [0.15, 0.2) is 45.7 Å². The highest BCUT2D eigenvalue weighted by molar-refractivity contribution is 5.65. The lowest BCUT2D eigenvalue weighted by Gasteiger charge is -1.97. The average molecular weight is 233 g/mol. The van der Waals surface area contributed by atoms with E-state index in [9.17, 15) is 9.59 Å². The number of carbonyl (C=O) groups excluding carboxylic acids is 1. The third-order valence-corrected chi connectivity index (χ3v) is 2.14. The number of nitrogens with zero attached hydrogens (tertiary/aromatic N) is 1. The lowest BCUT2D eigenvalue weighted by Crippen LogP contribution is -2.10. The van der Waals surface area contributed by atoms with E-state index in [-0.39, 0.29) is 6.61 Å². The van der Waals surface area contributed by atoms with Crippen LogP contribution < -0.4 is 5.76 Å². The summed E-state index contributed by atoms with van der Waals surface area (Å²) in [5.74, 6) is -0.604. The Morgan fingerprint density at radius 1 is 1.35 bits per heavy atom. The van der Waals surface area contributed by atoms with Gasteiger partial charge in [-0.3, -0.25) is 4.79 Å². The van der Waals surface area contributed by atoms with Gasteiger partial charge >= 0.3 is 11.7 Å². The van der Waals surface area contributed by atoms with Crippen molar-refractivity contribution in [3.8, 4) is 5.69 Å². The van der Waals surface area contributed by atoms with E-state index in [0.29, 0.717) is 11.4 Å². The number of hydrogen-bond donors (Lipinski definition) is 0. The molecule has 5 nitrogen and oxygen atoms in total. The van der Waals surface area contributed by atoms with Crippen molar-refractivity contribution in [2.45, 2.75) is 13.5 Å². The van der Waals surface area contributed by atoms with Gasteiger partial charge in [-0.25, -0.2) is 9.36 Å². The van der Waals surface area contributed by atoms with E-state index in [4.69, 9.17) is 9.15 Å². The third-order valence-electron chi connectivity index (χ3n) is 2.14. The number of esters is 1. The van der Waals surface area contributed by atoms with E-state index in [1.54, 1.807) is 12.1 Å². The molecule has 0 atom stereocenters. The molecular weight excluding hydrogens is 222 g/mol.